The van der Waals surface area contributed by atoms with E-state index in [-0.39, 0.29) is 16.5 Å². The third-order valence-electron chi connectivity index (χ3n) is 5.95. The Morgan fingerprint density at radius 3 is 2.55 bits per heavy atom. The topological polar surface area (TPSA) is 52.7 Å². The van der Waals surface area contributed by atoms with E-state index in [1.165, 1.54) is 6.07 Å². The summed E-state index contributed by atoms with van der Waals surface area (Å²) in [5.41, 5.74) is 1.19. The van der Waals surface area contributed by atoms with Crippen molar-refractivity contribution >= 4 is 23.4 Å². The highest BCUT2D eigenvalue weighted by molar-refractivity contribution is 6.34. The Hall–Kier alpha value is -2.44. The second-order valence-corrected chi connectivity index (χ2v) is 8.07. The van der Waals surface area contributed by atoms with E-state index in [1.54, 1.807) is 17.9 Å². The van der Waals surface area contributed by atoms with Crippen LogP contribution in [0.3, 0.4) is 0 Å². The number of rotatable bonds is 3. The minimum absolute atomic E-state index is 0.0569. The van der Waals surface area contributed by atoms with E-state index in [9.17, 15) is 14.0 Å². The zero-order valence-corrected chi connectivity index (χ0v) is 17.0. The molecule has 2 aromatic rings. The number of nitrogens with zero attached hydrogens (tertiary/aromatic N) is 2. The summed E-state index contributed by atoms with van der Waals surface area (Å²) in [7, 11) is 0. The smallest absolute Gasteiger partial charge is 0.258 e. The van der Waals surface area contributed by atoms with Crippen molar-refractivity contribution in [2.75, 3.05) is 19.6 Å². The predicted molar refractivity (Wildman–Crippen MR) is 109 cm³/mol. The van der Waals surface area contributed by atoms with Crippen molar-refractivity contribution in [2.45, 2.75) is 32.0 Å². The number of hydrogen-bond donors (Lipinski definition) is 1. The molecule has 1 N–H and O–H groups in total. The zero-order valence-electron chi connectivity index (χ0n) is 16.3. The number of likely N-dealkylation sites (tertiary alicyclic amines) is 1. The van der Waals surface area contributed by atoms with Crippen LogP contribution in [0.2, 0.25) is 5.02 Å². The number of aryl methyl sites for hydroxylation is 1. The van der Waals surface area contributed by atoms with Crippen molar-refractivity contribution in [2.24, 2.45) is 0 Å². The molecule has 29 heavy (non-hydrogen) atoms. The van der Waals surface area contributed by atoms with E-state index >= 15 is 0 Å². The van der Waals surface area contributed by atoms with Gasteiger partial charge < -0.3 is 9.80 Å². The largest absolute Gasteiger partial charge is 0.338 e. The fraction of sp³-hybridized carbons (Fsp3) is 0.364. The lowest BCUT2D eigenvalue weighted by molar-refractivity contribution is -0.132. The van der Waals surface area contributed by atoms with Crippen LogP contribution in [0.25, 0.3) is 0 Å². The molecule has 0 saturated carbocycles. The van der Waals surface area contributed by atoms with Gasteiger partial charge in [-0.15, -0.1) is 0 Å². The minimum atomic E-state index is -0.606. The van der Waals surface area contributed by atoms with Gasteiger partial charge in [0.15, 0.2) is 0 Å². The maximum absolute atomic E-state index is 14.3. The van der Waals surface area contributed by atoms with Crippen LogP contribution in [0, 0.1) is 12.7 Å². The van der Waals surface area contributed by atoms with Crippen LogP contribution < -0.4 is 5.32 Å². The average Bonchev–Trinajstić information content (AvgIpc) is 3.02. The molecule has 2 aliphatic heterocycles. The number of amides is 2. The molecule has 2 amide bonds. The van der Waals surface area contributed by atoms with Gasteiger partial charge in [0.1, 0.15) is 5.82 Å². The summed E-state index contributed by atoms with van der Waals surface area (Å²) in [5, 5.41) is 3.52. The van der Waals surface area contributed by atoms with Crippen LogP contribution in [-0.2, 0) is 11.3 Å². The molecule has 0 aromatic heterocycles. The van der Waals surface area contributed by atoms with Gasteiger partial charge in [0, 0.05) is 32.5 Å². The summed E-state index contributed by atoms with van der Waals surface area (Å²) in [6.07, 6.45) is 1.17. The second-order valence-electron chi connectivity index (χ2n) is 7.70. The molecule has 0 radical (unpaired) electrons. The molecular formula is C22H23ClFN3O2. The van der Waals surface area contributed by atoms with Gasteiger partial charge in [-0.1, -0.05) is 48.0 Å². The lowest BCUT2D eigenvalue weighted by atomic mass is 9.94. The summed E-state index contributed by atoms with van der Waals surface area (Å²) in [6.45, 7) is 3.42. The molecule has 7 heteroatoms. The summed E-state index contributed by atoms with van der Waals surface area (Å²) in [5.74, 6) is -0.947. The SMILES string of the molecule is Cc1ccc(F)c(C(=O)N2CCC3(CC2)NCC(=O)N3Cc2ccccc2)c1Cl. The Kier molecular flexibility index (Phi) is 5.32. The minimum Gasteiger partial charge on any atom is -0.338 e. The first-order valence-electron chi connectivity index (χ1n) is 9.74. The number of carbonyl (C=O) groups excluding carboxylic acids is 2. The molecule has 152 valence electrons. The lowest BCUT2D eigenvalue weighted by Gasteiger charge is -2.44. The van der Waals surface area contributed by atoms with E-state index in [0.29, 0.717) is 44.6 Å². The first-order valence-corrected chi connectivity index (χ1v) is 10.1. The Morgan fingerprint density at radius 2 is 1.86 bits per heavy atom. The zero-order chi connectivity index (χ0) is 20.6. The van der Waals surface area contributed by atoms with Gasteiger partial charge in [-0.2, -0.15) is 0 Å². The summed E-state index contributed by atoms with van der Waals surface area (Å²) < 4.78 is 14.3. The summed E-state index contributed by atoms with van der Waals surface area (Å²) in [4.78, 5) is 29.0. The maximum Gasteiger partial charge on any atom is 0.258 e. The molecule has 1 spiro atoms. The predicted octanol–water partition coefficient (Wildman–Crippen LogP) is 3.35. The molecule has 0 atom stereocenters. The first kappa shape index (κ1) is 19.9. The van der Waals surface area contributed by atoms with E-state index < -0.39 is 17.4 Å². The number of piperidine rings is 1. The van der Waals surface area contributed by atoms with E-state index in [0.717, 1.165) is 5.56 Å². The Balaban J connectivity index is 1.50. The number of carbonyl (C=O) groups is 2. The Bertz CT molecular complexity index is 943. The third kappa shape index (κ3) is 3.63. The van der Waals surface area contributed by atoms with Crippen LogP contribution >= 0.6 is 11.6 Å². The number of benzene rings is 2. The third-order valence-corrected chi connectivity index (χ3v) is 6.43. The van der Waals surface area contributed by atoms with Crippen molar-refractivity contribution in [3.63, 3.8) is 0 Å². The molecule has 0 bridgehead atoms. The van der Waals surface area contributed by atoms with Crippen LogP contribution in [0.4, 0.5) is 4.39 Å². The average molecular weight is 416 g/mol. The van der Waals surface area contributed by atoms with E-state index in [1.807, 2.05) is 35.2 Å². The normalized spacial score (nSPS) is 18.5. The van der Waals surface area contributed by atoms with Gasteiger partial charge in [0.25, 0.3) is 5.91 Å². The monoisotopic (exact) mass is 415 g/mol. The number of hydrogen-bond acceptors (Lipinski definition) is 3. The molecule has 2 aromatic carbocycles. The van der Waals surface area contributed by atoms with Gasteiger partial charge in [0.2, 0.25) is 5.91 Å². The van der Waals surface area contributed by atoms with Crippen molar-refractivity contribution in [3.05, 3.63) is 70.0 Å². The van der Waals surface area contributed by atoms with Crippen molar-refractivity contribution < 1.29 is 14.0 Å². The molecule has 5 nitrogen and oxygen atoms in total. The van der Waals surface area contributed by atoms with Crippen molar-refractivity contribution in [1.29, 1.82) is 0 Å². The fourth-order valence-corrected chi connectivity index (χ4v) is 4.45. The molecule has 2 aliphatic rings. The Morgan fingerprint density at radius 1 is 1.17 bits per heavy atom. The fourth-order valence-electron chi connectivity index (χ4n) is 4.21. The number of halogens is 2. The lowest BCUT2D eigenvalue weighted by Crippen LogP contribution is -2.59. The van der Waals surface area contributed by atoms with Gasteiger partial charge in [-0.05, 0) is 24.1 Å². The van der Waals surface area contributed by atoms with Gasteiger partial charge in [0.05, 0.1) is 22.8 Å². The van der Waals surface area contributed by atoms with Crippen LogP contribution in [0.15, 0.2) is 42.5 Å². The highest BCUT2D eigenvalue weighted by Crippen LogP contribution is 2.33. The van der Waals surface area contributed by atoms with Gasteiger partial charge in [-0.25, -0.2) is 4.39 Å². The van der Waals surface area contributed by atoms with Crippen LogP contribution in [0.1, 0.15) is 34.3 Å². The van der Waals surface area contributed by atoms with Gasteiger partial charge >= 0.3 is 0 Å². The molecule has 2 saturated heterocycles. The van der Waals surface area contributed by atoms with Crippen LogP contribution in [0.5, 0.6) is 0 Å². The molecule has 2 heterocycles. The highest BCUT2D eigenvalue weighted by Gasteiger charge is 2.47. The van der Waals surface area contributed by atoms with Crippen molar-refractivity contribution in [1.82, 2.24) is 15.1 Å². The van der Waals surface area contributed by atoms with E-state index in [4.69, 9.17) is 11.6 Å². The maximum atomic E-state index is 14.3. The molecule has 2 fully saturated rings. The van der Waals surface area contributed by atoms with Gasteiger partial charge in [-0.3, -0.25) is 14.9 Å². The first-order chi connectivity index (χ1) is 13.9. The molecular weight excluding hydrogens is 393 g/mol. The van der Waals surface area contributed by atoms with Crippen LogP contribution in [-0.4, -0.2) is 46.9 Å². The standard InChI is InChI=1S/C22H23ClFN3O2/c1-15-7-8-17(24)19(20(15)23)21(29)26-11-9-22(10-12-26)25-13-18(28)27(22)14-16-5-3-2-4-6-16/h2-8,25H,9-14H2,1H3. The molecule has 0 unspecified atom stereocenters. The summed E-state index contributed by atoms with van der Waals surface area (Å²) in [6, 6.07) is 12.7. The molecule has 0 aliphatic carbocycles. The summed E-state index contributed by atoms with van der Waals surface area (Å²) >= 11 is 6.21. The molecule has 4 rings (SSSR count). The van der Waals surface area contributed by atoms with Crippen molar-refractivity contribution in [3.8, 4) is 0 Å². The quantitative estimate of drug-likeness (QED) is 0.836. The second kappa shape index (κ2) is 7.76. The highest BCUT2D eigenvalue weighted by atomic mass is 35.5. The Labute approximate surface area is 174 Å². The van der Waals surface area contributed by atoms with E-state index in [2.05, 4.69) is 5.32 Å². The number of nitrogens with one attached hydrogen (secondary N) is 1.